The van der Waals surface area contributed by atoms with E-state index in [-0.39, 0.29) is 11.3 Å². The zero-order valence-corrected chi connectivity index (χ0v) is 15.1. The van der Waals surface area contributed by atoms with Gasteiger partial charge in [0.1, 0.15) is 0 Å². The number of alkyl halides is 3. The van der Waals surface area contributed by atoms with Crippen molar-refractivity contribution in [2.45, 2.75) is 37.3 Å². The number of hydrogen-bond acceptors (Lipinski definition) is 3. The summed E-state index contributed by atoms with van der Waals surface area (Å²) in [7, 11) is -4.02. The molecule has 0 atom stereocenters. The molecule has 0 fully saturated rings. The molecule has 2 aromatic rings. The Balaban J connectivity index is 0.000000273. The van der Waals surface area contributed by atoms with Gasteiger partial charge in [0.25, 0.3) is 10.1 Å². The molecule has 4 nitrogen and oxygen atoms in total. The van der Waals surface area contributed by atoms with E-state index in [1.807, 2.05) is 13.0 Å². The van der Waals surface area contributed by atoms with Crippen LogP contribution < -0.4 is 5.73 Å². The summed E-state index contributed by atoms with van der Waals surface area (Å²) in [5.74, 6) is 0. The molecule has 0 aliphatic carbocycles. The Hall–Kier alpha value is -1.90. The first kappa shape index (κ1) is 22.1. The van der Waals surface area contributed by atoms with E-state index in [0.717, 1.165) is 16.7 Å². The van der Waals surface area contributed by atoms with Crippen LogP contribution in [0.3, 0.4) is 0 Å². The highest BCUT2D eigenvalue weighted by Gasteiger charge is 2.26. The molecule has 0 aliphatic heterocycles. The lowest BCUT2D eigenvalue weighted by molar-refractivity contribution is -0.134. The summed E-state index contributed by atoms with van der Waals surface area (Å²) < 4.78 is 65.5. The summed E-state index contributed by atoms with van der Waals surface area (Å²) in [4.78, 5) is -0.0666. The molecule has 0 aliphatic rings. The zero-order valence-electron chi connectivity index (χ0n) is 14.3. The topological polar surface area (TPSA) is 80.4 Å². The monoisotopic (exact) mass is 389 g/mol. The van der Waals surface area contributed by atoms with Crippen molar-refractivity contribution < 1.29 is 26.1 Å². The average molecular weight is 389 g/mol. The van der Waals surface area contributed by atoms with Gasteiger partial charge in [-0.15, -0.1) is 0 Å². The first-order chi connectivity index (χ1) is 12.0. The smallest absolute Gasteiger partial charge is 0.330 e. The van der Waals surface area contributed by atoms with E-state index < -0.39 is 22.7 Å². The molecule has 2 rings (SSSR count). The van der Waals surface area contributed by atoms with E-state index in [2.05, 4.69) is 0 Å². The summed E-state index contributed by atoms with van der Waals surface area (Å²) in [6.07, 6.45) is -4.09. The van der Waals surface area contributed by atoms with Crippen LogP contribution in [-0.2, 0) is 23.0 Å². The Morgan fingerprint density at radius 3 is 2.00 bits per heavy atom. The lowest BCUT2D eigenvalue weighted by Gasteiger charge is -2.07. The molecule has 0 bridgehead atoms. The Bertz CT molecular complexity index is 788. The van der Waals surface area contributed by atoms with Crippen LogP contribution in [0.1, 0.15) is 23.1 Å². The molecular weight excluding hydrogens is 367 g/mol. The second kappa shape index (κ2) is 9.70. The fourth-order valence-electron chi connectivity index (χ4n) is 2.10. The molecule has 0 radical (unpaired) electrons. The van der Waals surface area contributed by atoms with Crippen molar-refractivity contribution >= 4 is 10.1 Å². The highest BCUT2D eigenvalue weighted by Crippen LogP contribution is 2.22. The van der Waals surface area contributed by atoms with Gasteiger partial charge in [0.15, 0.2) is 0 Å². The van der Waals surface area contributed by atoms with Crippen LogP contribution in [0, 0.1) is 6.92 Å². The van der Waals surface area contributed by atoms with Crippen LogP contribution in [0.5, 0.6) is 0 Å². The molecule has 0 unspecified atom stereocenters. The first-order valence-electron chi connectivity index (χ1n) is 7.90. The lowest BCUT2D eigenvalue weighted by Crippen LogP contribution is -2.09. The lowest BCUT2D eigenvalue weighted by atomic mass is 10.0. The number of nitrogens with two attached hydrogens (primary N) is 1. The average Bonchev–Trinajstić information content (AvgIpc) is 2.53. The quantitative estimate of drug-likeness (QED) is 0.760. The summed E-state index contributed by atoms with van der Waals surface area (Å²) in [5, 5.41) is 0. The molecule has 0 aromatic heterocycles. The van der Waals surface area contributed by atoms with Crippen molar-refractivity contribution in [1.29, 1.82) is 0 Å². The summed E-state index contributed by atoms with van der Waals surface area (Å²) >= 11 is 0. The molecule has 0 amide bonds. The molecule has 26 heavy (non-hydrogen) atoms. The van der Waals surface area contributed by atoms with Crippen LogP contribution in [0.25, 0.3) is 0 Å². The third kappa shape index (κ3) is 8.98. The Labute approximate surface area is 151 Å². The van der Waals surface area contributed by atoms with Gasteiger partial charge >= 0.3 is 6.18 Å². The molecule has 2 aromatic carbocycles. The predicted molar refractivity (Wildman–Crippen MR) is 94.6 cm³/mol. The van der Waals surface area contributed by atoms with Crippen molar-refractivity contribution in [2.75, 3.05) is 6.54 Å². The number of rotatable bonds is 5. The Morgan fingerprint density at radius 1 is 1.00 bits per heavy atom. The van der Waals surface area contributed by atoms with E-state index in [9.17, 15) is 21.6 Å². The minimum absolute atomic E-state index is 0.0436. The van der Waals surface area contributed by atoms with Crippen molar-refractivity contribution in [1.82, 2.24) is 0 Å². The van der Waals surface area contributed by atoms with E-state index in [1.54, 1.807) is 30.3 Å². The second-order valence-corrected chi connectivity index (χ2v) is 7.18. The van der Waals surface area contributed by atoms with Crippen LogP contribution >= 0.6 is 0 Å². The zero-order chi connectivity index (χ0) is 19.8. The number of benzene rings is 2. The fraction of sp³-hybridized carbons (Fsp3) is 0.333. The minimum Gasteiger partial charge on any atom is -0.330 e. The molecule has 0 saturated carbocycles. The largest absolute Gasteiger partial charge is 0.389 e. The van der Waals surface area contributed by atoms with Gasteiger partial charge < -0.3 is 5.73 Å². The normalized spacial score (nSPS) is 11.6. The summed E-state index contributed by atoms with van der Waals surface area (Å²) in [6, 6.07) is 13.1. The first-order valence-corrected chi connectivity index (χ1v) is 9.34. The van der Waals surface area contributed by atoms with Crippen LogP contribution in [0.15, 0.2) is 53.4 Å². The fourth-order valence-corrected chi connectivity index (χ4v) is 2.58. The summed E-state index contributed by atoms with van der Waals surface area (Å²) in [6.45, 7) is 2.36. The minimum atomic E-state index is -4.08. The van der Waals surface area contributed by atoms with E-state index >= 15 is 0 Å². The SMILES string of the molecule is Cc1ccc(S(=O)(=O)O)cc1.NCCc1cccc(CCC(F)(F)F)c1. The standard InChI is InChI=1S/C11H14F3N.C7H8O3S/c12-11(13,14)6-4-9-2-1-3-10(8-9)5-7-15;1-6-2-4-7(5-3-6)11(8,9)10/h1-3,8H,4-7,15H2;2-5H,1H3,(H,8,9,10). The Kier molecular flexibility index (Phi) is 8.26. The third-order valence-corrected chi connectivity index (χ3v) is 4.31. The second-order valence-electron chi connectivity index (χ2n) is 5.76. The number of halogens is 3. The molecule has 0 spiro atoms. The number of aryl methyl sites for hydroxylation is 2. The highest BCUT2D eigenvalue weighted by atomic mass is 32.2. The molecule has 144 valence electrons. The molecular formula is C18H22F3NO3S. The Morgan fingerprint density at radius 2 is 1.54 bits per heavy atom. The van der Waals surface area contributed by atoms with Crippen LogP contribution in [-0.4, -0.2) is 25.7 Å². The van der Waals surface area contributed by atoms with Gasteiger partial charge in [-0.3, -0.25) is 4.55 Å². The van der Waals surface area contributed by atoms with Crippen LogP contribution in [0.4, 0.5) is 13.2 Å². The van der Waals surface area contributed by atoms with Crippen LogP contribution in [0.2, 0.25) is 0 Å². The maximum absolute atomic E-state index is 12.0. The third-order valence-electron chi connectivity index (χ3n) is 3.44. The molecule has 3 N–H and O–H groups in total. The van der Waals surface area contributed by atoms with Gasteiger partial charge in [0.2, 0.25) is 0 Å². The molecule has 8 heteroatoms. The van der Waals surface area contributed by atoms with Crippen molar-refractivity contribution in [3.8, 4) is 0 Å². The van der Waals surface area contributed by atoms with Gasteiger partial charge in [0, 0.05) is 6.42 Å². The van der Waals surface area contributed by atoms with E-state index in [4.69, 9.17) is 10.3 Å². The van der Waals surface area contributed by atoms with Crippen molar-refractivity contribution in [3.63, 3.8) is 0 Å². The predicted octanol–water partition coefficient (Wildman–Crippen LogP) is 3.92. The van der Waals surface area contributed by atoms with Crippen molar-refractivity contribution in [3.05, 3.63) is 65.2 Å². The van der Waals surface area contributed by atoms with Gasteiger partial charge in [0.05, 0.1) is 4.90 Å². The van der Waals surface area contributed by atoms with Gasteiger partial charge in [-0.25, -0.2) is 0 Å². The molecule has 0 saturated heterocycles. The van der Waals surface area contributed by atoms with Gasteiger partial charge in [-0.2, -0.15) is 21.6 Å². The molecule has 0 heterocycles. The summed E-state index contributed by atoms with van der Waals surface area (Å²) in [5.41, 5.74) is 8.05. The van der Waals surface area contributed by atoms with E-state index in [1.165, 1.54) is 12.1 Å². The number of hydrogen-bond donors (Lipinski definition) is 2. The maximum atomic E-state index is 12.0. The maximum Gasteiger partial charge on any atom is 0.389 e. The highest BCUT2D eigenvalue weighted by molar-refractivity contribution is 7.85. The van der Waals surface area contributed by atoms with Gasteiger partial charge in [-0.05, 0) is 49.6 Å². The van der Waals surface area contributed by atoms with Crippen molar-refractivity contribution in [2.24, 2.45) is 5.73 Å². The van der Waals surface area contributed by atoms with E-state index in [0.29, 0.717) is 13.0 Å². The van der Waals surface area contributed by atoms with Gasteiger partial charge in [-0.1, -0.05) is 42.0 Å².